The highest BCUT2D eigenvalue weighted by Crippen LogP contribution is 2.19. The number of carbonyl (C=O) groups excluding carboxylic acids is 2. The van der Waals surface area contributed by atoms with E-state index < -0.39 is 6.10 Å². The van der Waals surface area contributed by atoms with Gasteiger partial charge in [-0.05, 0) is 44.4 Å². The van der Waals surface area contributed by atoms with Crippen LogP contribution in [0.2, 0.25) is 0 Å². The maximum atomic E-state index is 12.7. The third-order valence-corrected chi connectivity index (χ3v) is 5.04. The summed E-state index contributed by atoms with van der Waals surface area (Å²) in [7, 11) is 0. The van der Waals surface area contributed by atoms with Gasteiger partial charge in [-0.15, -0.1) is 12.4 Å². The molecule has 2 unspecified atom stereocenters. The first-order valence-corrected chi connectivity index (χ1v) is 9.63. The highest BCUT2D eigenvalue weighted by Gasteiger charge is 2.29. The summed E-state index contributed by atoms with van der Waals surface area (Å²) in [6.45, 7) is 6.02. The molecule has 0 spiro atoms. The van der Waals surface area contributed by atoms with Crippen LogP contribution in [0.1, 0.15) is 42.6 Å². The lowest BCUT2D eigenvalue weighted by Gasteiger charge is -2.35. The van der Waals surface area contributed by atoms with Gasteiger partial charge in [0.05, 0.1) is 18.3 Å². The van der Waals surface area contributed by atoms with Gasteiger partial charge in [-0.1, -0.05) is 12.1 Å². The van der Waals surface area contributed by atoms with Gasteiger partial charge in [0.1, 0.15) is 6.10 Å². The van der Waals surface area contributed by atoms with E-state index in [0.29, 0.717) is 38.2 Å². The molecule has 2 amide bonds. The Kier molecular flexibility index (Phi) is 8.24. The Morgan fingerprint density at radius 1 is 1.11 bits per heavy atom. The molecule has 2 aliphatic rings. The molecule has 4 atom stereocenters. The monoisotopic (exact) mass is 411 g/mol. The number of morpholine rings is 1. The molecule has 1 aromatic carbocycles. The summed E-state index contributed by atoms with van der Waals surface area (Å²) in [4.78, 5) is 26.7. The summed E-state index contributed by atoms with van der Waals surface area (Å²) in [5, 5.41) is 2.89. The van der Waals surface area contributed by atoms with Crippen LogP contribution in [0.5, 0.6) is 0 Å². The van der Waals surface area contributed by atoms with Gasteiger partial charge in [-0.3, -0.25) is 9.59 Å². The second-order valence-electron chi connectivity index (χ2n) is 7.44. The Morgan fingerprint density at radius 3 is 2.32 bits per heavy atom. The molecule has 2 saturated heterocycles. The first kappa shape index (κ1) is 22.6. The van der Waals surface area contributed by atoms with E-state index in [0.717, 1.165) is 12.0 Å². The number of nitrogens with zero attached hydrogens (tertiary/aromatic N) is 1. The van der Waals surface area contributed by atoms with Crippen LogP contribution < -0.4 is 11.1 Å². The van der Waals surface area contributed by atoms with Gasteiger partial charge in [0.25, 0.3) is 5.91 Å². The van der Waals surface area contributed by atoms with Crippen molar-refractivity contribution in [1.82, 2.24) is 10.2 Å². The van der Waals surface area contributed by atoms with Crippen LogP contribution in [0.15, 0.2) is 24.3 Å². The van der Waals surface area contributed by atoms with Crippen molar-refractivity contribution >= 4 is 24.2 Å². The standard InChI is InChI=1S/C20H29N3O4.ClH/c1-13-11-23(12-14(2)26-13)20(25)16-5-3-15(4-6-16)10-22-19(24)18-8-7-17(9-21)27-18;/h3-6,13-14,17-18H,7-12,21H2,1-2H3,(H,22,24);1H/t13?,14?,17-,18+;/m1./s1. The van der Waals surface area contributed by atoms with Gasteiger partial charge in [0.15, 0.2) is 0 Å². The van der Waals surface area contributed by atoms with Crippen molar-refractivity contribution in [3.05, 3.63) is 35.4 Å². The van der Waals surface area contributed by atoms with Crippen LogP contribution in [0.4, 0.5) is 0 Å². The molecule has 0 aliphatic carbocycles. The van der Waals surface area contributed by atoms with Crippen LogP contribution >= 0.6 is 12.4 Å². The van der Waals surface area contributed by atoms with E-state index >= 15 is 0 Å². The summed E-state index contributed by atoms with van der Waals surface area (Å²) >= 11 is 0. The number of halogens is 1. The molecule has 0 saturated carbocycles. The van der Waals surface area contributed by atoms with E-state index in [1.807, 2.05) is 43.0 Å². The van der Waals surface area contributed by atoms with E-state index in [9.17, 15) is 9.59 Å². The Labute approximate surface area is 172 Å². The van der Waals surface area contributed by atoms with Crippen molar-refractivity contribution in [2.24, 2.45) is 5.73 Å². The van der Waals surface area contributed by atoms with Crippen molar-refractivity contribution in [1.29, 1.82) is 0 Å². The SMILES string of the molecule is CC1CN(C(=O)c2ccc(CNC(=O)[C@@H]3CC[C@H](CN)O3)cc2)CC(C)O1.Cl. The van der Waals surface area contributed by atoms with Crippen molar-refractivity contribution in [2.75, 3.05) is 19.6 Å². The fourth-order valence-electron chi connectivity index (χ4n) is 3.67. The van der Waals surface area contributed by atoms with E-state index in [1.165, 1.54) is 0 Å². The molecule has 28 heavy (non-hydrogen) atoms. The average Bonchev–Trinajstić information content (AvgIpc) is 3.14. The highest BCUT2D eigenvalue weighted by molar-refractivity contribution is 5.94. The largest absolute Gasteiger partial charge is 0.372 e. The molecule has 2 fully saturated rings. The minimum Gasteiger partial charge on any atom is -0.372 e. The molecule has 0 aromatic heterocycles. The summed E-state index contributed by atoms with van der Waals surface area (Å²) < 4.78 is 11.3. The number of ether oxygens (including phenoxy) is 2. The van der Waals surface area contributed by atoms with Crippen LogP contribution in [0.3, 0.4) is 0 Å². The van der Waals surface area contributed by atoms with Crippen LogP contribution in [0.25, 0.3) is 0 Å². The minimum absolute atomic E-state index is 0. The lowest BCUT2D eigenvalue weighted by Crippen LogP contribution is -2.48. The number of carbonyl (C=O) groups is 2. The van der Waals surface area contributed by atoms with Gasteiger partial charge < -0.3 is 25.4 Å². The summed E-state index contributed by atoms with van der Waals surface area (Å²) in [5.41, 5.74) is 7.17. The Balaban J connectivity index is 0.00000280. The van der Waals surface area contributed by atoms with Crippen LogP contribution in [-0.4, -0.2) is 60.8 Å². The Bertz CT molecular complexity index is 660. The van der Waals surface area contributed by atoms with E-state index in [4.69, 9.17) is 15.2 Å². The molecule has 7 nitrogen and oxygen atoms in total. The molecule has 3 rings (SSSR count). The number of benzene rings is 1. The van der Waals surface area contributed by atoms with Crippen LogP contribution in [0, 0.1) is 0 Å². The van der Waals surface area contributed by atoms with Gasteiger partial charge in [0, 0.05) is 31.7 Å². The maximum absolute atomic E-state index is 12.7. The Morgan fingerprint density at radius 2 is 1.75 bits per heavy atom. The Hall–Kier alpha value is -1.67. The van der Waals surface area contributed by atoms with Gasteiger partial charge >= 0.3 is 0 Å². The molecule has 3 N–H and O–H groups in total. The molecule has 8 heteroatoms. The summed E-state index contributed by atoms with van der Waals surface area (Å²) in [5.74, 6) is -0.0952. The molecule has 0 bridgehead atoms. The predicted molar refractivity (Wildman–Crippen MR) is 108 cm³/mol. The fourth-order valence-corrected chi connectivity index (χ4v) is 3.67. The van der Waals surface area contributed by atoms with Crippen molar-refractivity contribution < 1.29 is 19.1 Å². The zero-order chi connectivity index (χ0) is 19.4. The predicted octanol–water partition coefficient (Wildman–Crippen LogP) is 1.48. The smallest absolute Gasteiger partial charge is 0.254 e. The molecule has 156 valence electrons. The van der Waals surface area contributed by atoms with E-state index in [-0.39, 0.29) is 42.5 Å². The zero-order valence-corrected chi connectivity index (χ0v) is 17.2. The number of amides is 2. The van der Waals surface area contributed by atoms with Crippen LogP contribution in [-0.2, 0) is 20.8 Å². The van der Waals surface area contributed by atoms with Gasteiger partial charge in [-0.2, -0.15) is 0 Å². The maximum Gasteiger partial charge on any atom is 0.254 e. The zero-order valence-electron chi connectivity index (χ0n) is 16.4. The topological polar surface area (TPSA) is 93.9 Å². The molecule has 2 aliphatic heterocycles. The van der Waals surface area contributed by atoms with E-state index in [2.05, 4.69) is 5.32 Å². The summed E-state index contributed by atoms with van der Waals surface area (Å²) in [6.07, 6.45) is 1.19. The second kappa shape index (κ2) is 10.2. The van der Waals surface area contributed by atoms with E-state index in [1.54, 1.807) is 0 Å². The van der Waals surface area contributed by atoms with Crippen molar-refractivity contribution in [2.45, 2.75) is 57.6 Å². The van der Waals surface area contributed by atoms with Crippen molar-refractivity contribution in [3.8, 4) is 0 Å². The number of nitrogens with one attached hydrogen (secondary N) is 1. The third kappa shape index (κ3) is 5.67. The number of hydrogen-bond donors (Lipinski definition) is 2. The fraction of sp³-hybridized carbons (Fsp3) is 0.600. The number of nitrogens with two attached hydrogens (primary N) is 1. The minimum atomic E-state index is -0.412. The third-order valence-electron chi connectivity index (χ3n) is 5.04. The quantitative estimate of drug-likeness (QED) is 0.765. The highest BCUT2D eigenvalue weighted by atomic mass is 35.5. The first-order valence-electron chi connectivity index (χ1n) is 9.63. The molecule has 1 aromatic rings. The normalized spacial score (nSPS) is 27.2. The molecule has 2 heterocycles. The van der Waals surface area contributed by atoms with Gasteiger partial charge in [0.2, 0.25) is 5.91 Å². The molecular weight excluding hydrogens is 382 g/mol. The van der Waals surface area contributed by atoms with Crippen molar-refractivity contribution in [3.63, 3.8) is 0 Å². The molecule has 0 radical (unpaired) electrons. The lowest BCUT2D eigenvalue weighted by atomic mass is 10.1. The summed E-state index contributed by atoms with van der Waals surface area (Å²) in [6, 6.07) is 7.37. The number of rotatable bonds is 5. The molecular formula is C20H30ClN3O4. The van der Waals surface area contributed by atoms with Gasteiger partial charge in [-0.25, -0.2) is 0 Å². The average molecular weight is 412 g/mol. The second-order valence-corrected chi connectivity index (χ2v) is 7.44. The first-order chi connectivity index (χ1) is 13.0. The number of hydrogen-bond acceptors (Lipinski definition) is 5. The lowest BCUT2D eigenvalue weighted by molar-refractivity contribution is -0.132.